The smallest absolute Gasteiger partial charge is 0.110 e. The van der Waals surface area contributed by atoms with Gasteiger partial charge in [-0.2, -0.15) is 0 Å². The van der Waals surface area contributed by atoms with Crippen LogP contribution in [-0.2, 0) is 12.8 Å². The molecule has 3 nitrogen and oxygen atoms in total. The minimum absolute atomic E-state index is 0.544. The van der Waals surface area contributed by atoms with Crippen LogP contribution in [0, 0.1) is 0 Å². The molecule has 0 saturated carbocycles. The first kappa shape index (κ1) is 15.9. The molecule has 1 aliphatic heterocycles. The third-order valence-electron chi connectivity index (χ3n) is 4.04. The van der Waals surface area contributed by atoms with Crippen LogP contribution in [0.1, 0.15) is 61.7 Å². The van der Waals surface area contributed by atoms with Gasteiger partial charge in [0.15, 0.2) is 0 Å². The maximum atomic E-state index is 5.02. The first-order valence-corrected chi connectivity index (χ1v) is 9.05. The molecule has 20 heavy (non-hydrogen) atoms. The van der Waals surface area contributed by atoms with Crippen molar-refractivity contribution in [3.05, 3.63) is 15.6 Å². The van der Waals surface area contributed by atoms with Crippen LogP contribution >= 0.6 is 11.3 Å². The number of aryl methyl sites for hydroxylation is 2. The summed E-state index contributed by atoms with van der Waals surface area (Å²) in [6.07, 6.45) is 5.94. The summed E-state index contributed by atoms with van der Waals surface area (Å²) in [4.78, 5) is 9.17. The van der Waals surface area contributed by atoms with Gasteiger partial charge in [0.25, 0.3) is 0 Å². The third-order valence-corrected chi connectivity index (χ3v) is 5.39. The van der Waals surface area contributed by atoms with Crippen LogP contribution in [0.25, 0.3) is 0 Å². The molecule has 2 rings (SSSR count). The Morgan fingerprint density at radius 1 is 1.20 bits per heavy atom. The number of thiazole rings is 1. The minimum atomic E-state index is 0.544. The molecule has 2 heterocycles. The second-order valence-corrected chi connectivity index (χ2v) is 6.73. The van der Waals surface area contributed by atoms with E-state index in [4.69, 9.17) is 4.98 Å². The Balaban J connectivity index is 2.19. The highest BCUT2D eigenvalue weighted by Crippen LogP contribution is 2.32. The zero-order chi connectivity index (χ0) is 14.4. The molecule has 0 aromatic carbocycles. The van der Waals surface area contributed by atoms with Crippen molar-refractivity contribution in [2.45, 2.75) is 58.9 Å². The number of nitrogens with zero attached hydrogens (tertiary/aromatic N) is 2. The van der Waals surface area contributed by atoms with Crippen molar-refractivity contribution < 1.29 is 0 Å². The summed E-state index contributed by atoms with van der Waals surface area (Å²) in [6.45, 7) is 11.4. The van der Waals surface area contributed by atoms with Crippen molar-refractivity contribution >= 4 is 11.3 Å². The van der Waals surface area contributed by atoms with Crippen molar-refractivity contribution in [1.29, 1.82) is 0 Å². The van der Waals surface area contributed by atoms with Crippen LogP contribution < -0.4 is 5.32 Å². The Labute approximate surface area is 127 Å². The van der Waals surface area contributed by atoms with Gasteiger partial charge in [0, 0.05) is 31.1 Å². The summed E-state index contributed by atoms with van der Waals surface area (Å²) in [7, 11) is 0. The van der Waals surface area contributed by atoms with Crippen LogP contribution in [0.15, 0.2) is 0 Å². The Bertz CT molecular complexity index is 396. The fraction of sp³-hybridized carbons (Fsp3) is 0.812. The summed E-state index contributed by atoms with van der Waals surface area (Å²) in [5.74, 6) is 0. The van der Waals surface area contributed by atoms with Crippen LogP contribution in [0.5, 0.6) is 0 Å². The summed E-state index contributed by atoms with van der Waals surface area (Å²) >= 11 is 1.97. The van der Waals surface area contributed by atoms with E-state index >= 15 is 0 Å². The molecule has 114 valence electrons. The monoisotopic (exact) mass is 295 g/mol. The van der Waals surface area contributed by atoms with E-state index in [0.29, 0.717) is 6.04 Å². The van der Waals surface area contributed by atoms with Crippen molar-refractivity contribution in [2.24, 2.45) is 0 Å². The molecule has 0 radical (unpaired) electrons. The zero-order valence-corrected chi connectivity index (χ0v) is 14.1. The van der Waals surface area contributed by atoms with E-state index in [1.54, 1.807) is 0 Å². The Morgan fingerprint density at radius 3 is 2.55 bits per heavy atom. The fourth-order valence-electron chi connectivity index (χ4n) is 2.98. The highest BCUT2D eigenvalue weighted by Gasteiger charge is 2.25. The maximum Gasteiger partial charge on any atom is 0.110 e. The predicted octanol–water partition coefficient (Wildman–Crippen LogP) is 3.40. The lowest BCUT2D eigenvalue weighted by molar-refractivity contribution is 0.164. The quantitative estimate of drug-likeness (QED) is 0.835. The number of aromatic nitrogens is 1. The Kier molecular flexibility index (Phi) is 6.46. The molecule has 0 aliphatic carbocycles. The zero-order valence-electron chi connectivity index (χ0n) is 13.2. The summed E-state index contributed by atoms with van der Waals surface area (Å²) in [5, 5.41) is 4.82. The molecule has 0 bridgehead atoms. The van der Waals surface area contributed by atoms with E-state index in [-0.39, 0.29) is 0 Å². The van der Waals surface area contributed by atoms with Gasteiger partial charge in [-0.1, -0.05) is 33.6 Å². The lowest BCUT2D eigenvalue weighted by atomic mass is 10.1. The lowest BCUT2D eigenvalue weighted by Gasteiger charge is -2.33. The van der Waals surface area contributed by atoms with Gasteiger partial charge in [0.1, 0.15) is 5.01 Å². The van der Waals surface area contributed by atoms with E-state index in [0.717, 1.165) is 39.0 Å². The molecular formula is C16H29N3S. The van der Waals surface area contributed by atoms with Gasteiger partial charge in [-0.3, -0.25) is 4.90 Å². The van der Waals surface area contributed by atoms with Gasteiger partial charge < -0.3 is 5.32 Å². The van der Waals surface area contributed by atoms with Gasteiger partial charge >= 0.3 is 0 Å². The first-order valence-electron chi connectivity index (χ1n) is 8.23. The molecule has 1 fully saturated rings. The van der Waals surface area contributed by atoms with Crippen LogP contribution in [0.3, 0.4) is 0 Å². The molecular weight excluding hydrogens is 266 g/mol. The van der Waals surface area contributed by atoms with Gasteiger partial charge in [-0.05, 0) is 19.3 Å². The Morgan fingerprint density at radius 2 is 1.95 bits per heavy atom. The van der Waals surface area contributed by atoms with E-state index in [1.807, 2.05) is 11.3 Å². The molecule has 0 spiro atoms. The SMILES string of the molecule is CCCc1nc(C(CCC)N2CCNCC2)sc1CC. The van der Waals surface area contributed by atoms with Gasteiger partial charge in [-0.15, -0.1) is 11.3 Å². The highest BCUT2D eigenvalue weighted by atomic mass is 32.1. The molecule has 1 aliphatic rings. The second kappa shape index (κ2) is 8.11. The van der Waals surface area contributed by atoms with Crippen molar-refractivity contribution in [3.8, 4) is 0 Å². The fourth-order valence-corrected chi connectivity index (χ4v) is 4.20. The highest BCUT2D eigenvalue weighted by molar-refractivity contribution is 7.11. The molecule has 1 aromatic rings. The van der Waals surface area contributed by atoms with E-state index < -0.39 is 0 Å². The van der Waals surface area contributed by atoms with Gasteiger partial charge in [0.2, 0.25) is 0 Å². The maximum absolute atomic E-state index is 5.02. The predicted molar refractivity (Wildman–Crippen MR) is 87.6 cm³/mol. The lowest BCUT2D eigenvalue weighted by Crippen LogP contribution is -2.45. The third kappa shape index (κ3) is 3.80. The molecule has 1 aromatic heterocycles. The number of hydrogen-bond donors (Lipinski definition) is 1. The summed E-state index contributed by atoms with van der Waals surface area (Å²) in [6, 6.07) is 0.544. The van der Waals surface area contributed by atoms with Crippen LogP contribution in [0.4, 0.5) is 0 Å². The van der Waals surface area contributed by atoms with Crippen molar-refractivity contribution in [3.63, 3.8) is 0 Å². The van der Waals surface area contributed by atoms with Crippen molar-refractivity contribution in [2.75, 3.05) is 26.2 Å². The number of hydrogen-bond acceptors (Lipinski definition) is 4. The molecule has 1 unspecified atom stereocenters. The summed E-state index contributed by atoms with van der Waals surface area (Å²) in [5.41, 5.74) is 1.37. The molecule has 0 amide bonds. The topological polar surface area (TPSA) is 28.2 Å². The summed E-state index contributed by atoms with van der Waals surface area (Å²) < 4.78 is 0. The molecule has 1 saturated heterocycles. The number of piperazine rings is 1. The first-order chi connectivity index (χ1) is 9.80. The Hall–Kier alpha value is -0.450. The van der Waals surface area contributed by atoms with Crippen molar-refractivity contribution in [1.82, 2.24) is 15.2 Å². The molecule has 1 atom stereocenters. The van der Waals surface area contributed by atoms with E-state index in [1.165, 1.54) is 34.8 Å². The largest absolute Gasteiger partial charge is 0.314 e. The average molecular weight is 295 g/mol. The van der Waals surface area contributed by atoms with Gasteiger partial charge in [0.05, 0.1) is 11.7 Å². The van der Waals surface area contributed by atoms with Gasteiger partial charge in [-0.25, -0.2) is 4.98 Å². The second-order valence-electron chi connectivity index (χ2n) is 5.62. The number of nitrogens with one attached hydrogen (secondary N) is 1. The minimum Gasteiger partial charge on any atom is -0.314 e. The normalized spacial score (nSPS) is 18.4. The van der Waals surface area contributed by atoms with E-state index in [2.05, 4.69) is 31.0 Å². The average Bonchev–Trinajstić information content (AvgIpc) is 2.89. The van der Waals surface area contributed by atoms with Crippen LogP contribution in [0.2, 0.25) is 0 Å². The number of rotatable bonds is 7. The molecule has 1 N–H and O–H groups in total. The van der Waals surface area contributed by atoms with E-state index in [9.17, 15) is 0 Å². The van der Waals surface area contributed by atoms with Crippen LogP contribution in [-0.4, -0.2) is 36.1 Å². The molecule has 4 heteroatoms. The standard InChI is InChI=1S/C16H29N3S/c1-4-7-13-15(6-3)20-16(18-13)14(8-5-2)19-11-9-17-10-12-19/h14,17H,4-12H2,1-3H3.